The minimum Gasteiger partial charge on any atom is -0.390 e. The fourth-order valence-electron chi connectivity index (χ4n) is 1.92. The van der Waals surface area contributed by atoms with Gasteiger partial charge in [-0.05, 0) is 13.0 Å². The lowest BCUT2D eigenvalue weighted by molar-refractivity contribution is 0.0800. The van der Waals surface area contributed by atoms with E-state index in [0.29, 0.717) is 6.54 Å². The predicted molar refractivity (Wildman–Crippen MR) is 61.3 cm³/mol. The van der Waals surface area contributed by atoms with Crippen molar-refractivity contribution in [1.82, 2.24) is 20.3 Å². The lowest BCUT2D eigenvalue weighted by Gasteiger charge is -2.28. The molecule has 0 aliphatic carbocycles. The van der Waals surface area contributed by atoms with Gasteiger partial charge in [-0.2, -0.15) is 0 Å². The predicted octanol–water partition coefficient (Wildman–Crippen LogP) is 0.471. The maximum absolute atomic E-state index is 9.88. The van der Waals surface area contributed by atoms with Crippen LogP contribution in [0.3, 0.4) is 0 Å². The van der Waals surface area contributed by atoms with E-state index >= 15 is 0 Å². The zero-order chi connectivity index (χ0) is 11.8. The van der Waals surface area contributed by atoms with E-state index in [1.807, 2.05) is 10.9 Å². The van der Waals surface area contributed by atoms with Crippen molar-refractivity contribution in [3.05, 3.63) is 11.9 Å². The summed E-state index contributed by atoms with van der Waals surface area (Å²) in [6.07, 6.45) is 2.48. The first-order valence-corrected chi connectivity index (χ1v) is 5.79. The van der Waals surface area contributed by atoms with Crippen molar-refractivity contribution in [1.29, 1.82) is 0 Å². The second-order valence-corrected chi connectivity index (χ2v) is 5.46. The minimum atomic E-state index is -0.372. The molecule has 2 N–H and O–H groups in total. The highest BCUT2D eigenvalue weighted by atomic mass is 16.3. The first-order chi connectivity index (χ1) is 7.48. The van der Waals surface area contributed by atoms with E-state index in [0.717, 1.165) is 18.7 Å². The summed E-state index contributed by atoms with van der Waals surface area (Å²) in [5, 5.41) is 21.4. The molecule has 90 valence electrons. The van der Waals surface area contributed by atoms with Crippen LogP contribution in [0.4, 0.5) is 0 Å². The summed E-state index contributed by atoms with van der Waals surface area (Å²) >= 11 is 0. The lowest BCUT2D eigenvalue weighted by atomic mass is 9.93. The Hall–Kier alpha value is -0.940. The van der Waals surface area contributed by atoms with Gasteiger partial charge in [-0.3, -0.25) is 0 Å². The maximum atomic E-state index is 9.88. The summed E-state index contributed by atoms with van der Waals surface area (Å²) in [4.78, 5) is 0. The Kier molecular flexibility index (Phi) is 2.99. The second-order valence-electron chi connectivity index (χ2n) is 5.46. The van der Waals surface area contributed by atoms with E-state index < -0.39 is 0 Å². The molecule has 0 bridgehead atoms. The van der Waals surface area contributed by atoms with Gasteiger partial charge in [0.25, 0.3) is 0 Å². The minimum absolute atomic E-state index is 0.0100. The van der Waals surface area contributed by atoms with Crippen molar-refractivity contribution in [3.63, 3.8) is 0 Å². The fraction of sp³-hybridized carbons (Fsp3) is 0.818. The summed E-state index contributed by atoms with van der Waals surface area (Å²) in [6, 6.07) is 0.0600. The van der Waals surface area contributed by atoms with Crippen molar-refractivity contribution in [2.45, 2.75) is 44.8 Å². The molecule has 0 amide bonds. The van der Waals surface area contributed by atoms with Crippen LogP contribution in [-0.4, -0.2) is 39.3 Å². The maximum Gasteiger partial charge on any atom is 0.0889 e. The van der Waals surface area contributed by atoms with E-state index in [1.54, 1.807) is 0 Å². The smallest absolute Gasteiger partial charge is 0.0889 e. The van der Waals surface area contributed by atoms with Crippen LogP contribution >= 0.6 is 0 Å². The topological polar surface area (TPSA) is 63.0 Å². The summed E-state index contributed by atoms with van der Waals surface area (Å²) in [7, 11) is 0. The molecule has 1 fully saturated rings. The van der Waals surface area contributed by atoms with E-state index in [4.69, 9.17) is 0 Å². The first-order valence-electron chi connectivity index (χ1n) is 5.79. The van der Waals surface area contributed by atoms with Crippen molar-refractivity contribution in [2.75, 3.05) is 13.1 Å². The summed E-state index contributed by atoms with van der Waals surface area (Å²) in [5.41, 5.74) is 0.981. The Bertz CT molecular complexity index is 355. The lowest BCUT2D eigenvalue weighted by Crippen LogP contribution is -2.41. The molecule has 0 saturated carbocycles. The monoisotopic (exact) mass is 224 g/mol. The van der Waals surface area contributed by atoms with Gasteiger partial charge in [-0.25, -0.2) is 4.68 Å². The molecular formula is C11H20N4O. The summed E-state index contributed by atoms with van der Waals surface area (Å²) in [5.74, 6) is 0. The van der Waals surface area contributed by atoms with Gasteiger partial charge in [0.15, 0.2) is 0 Å². The van der Waals surface area contributed by atoms with Gasteiger partial charge in [0.2, 0.25) is 0 Å². The van der Waals surface area contributed by atoms with Crippen LogP contribution < -0.4 is 5.32 Å². The van der Waals surface area contributed by atoms with E-state index in [2.05, 4.69) is 36.4 Å². The molecule has 1 saturated heterocycles. The third kappa shape index (κ3) is 2.25. The largest absolute Gasteiger partial charge is 0.390 e. The molecule has 0 aromatic carbocycles. The number of piperidine rings is 1. The molecule has 1 aliphatic heterocycles. The average molecular weight is 224 g/mol. The quantitative estimate of drug-likeness (QED) is 0.728. The second kappa shape index (κ2) is 4.14. The van der Waals surface area contributed by atoms with Crippen LogP contribution in [-0.2, 0) is 5.41 Å². The highest BCUT2D eigenvalue weighted by Crippen LogP contribution is 2.23. The highest BCUT2D eigenvalue weighted by Gasteiger charge is 2.27. The molecule has 0 unspecified atom stereocenters. The SMILES string of the molecule is CC(C)(C)c1cn([C@@H]2CCNC[C@H]2O)nn1. The van der Waals surface area contributed by atoms with Crippen LogP contribution in [0, 0.1) is 0 Å². The van der Waals surface area contributed by atoms with Crippen molar-refractivity contribution >= 4 is 0 Å². The van der Waals surface area contributed by atoms with Gasteiger partial charge in [-0.1, -0.05) is 26.0 Å². The fourth-order valence-corrected chi connectivity index (χ4v) is 1.92. The molecule has 0 spiro atoms. The number of β-amino-alcohol motifs (C(OH)–C–C–N with tert-alkyl or cyclic N) is 1. The zero-order valence-corrected chi connectivity index (χ0v) is 10.1. The molecule has 2 heterocycles. The molecular weight excluding hydrogens is 204 g/mol. The number of hydrogen-bond donors (Lipinski definition) is 2. The number of rotatable bonds is 1. The van der Waals surface area contributed by atoms with Crippen LogP contribution in [0.1, 0.15) is 38.9 Å². The van der Waals surface area contributed by atoms with Gasteiger partial charge in [-0.15, -0.1) is 5.10 Å². The molecule has 5 nitrogen and oxygen atoms in total. The van der Waals surface area contributed by atoms with Crippen molar-refractivity contribution < 1.29 is 5.11 Å². The summed E-state index contributed by atoms with van der Waals surface area (Å²) in [6.45, 7) is 7.89. The van der Waals surface area contributed by atoms with Gasteiger partial charge in [0.1, 0.15) is 0 Å². The van der Waals surface area contributed by atoms with E-state index in [9.17, 15) is 5.11 Å². The average Bonchev–Trinajstić information content (AvgIpc) is 2.66. The van der Waals surface area contributed by atoms with E-state index in [1.165, 1.54) is 0 Å². The molecule has 5 heteroatoms. The Labute approximate surface area is 95.8 Å². The third-order valence-electron chi connectivity index (χ3n) is 3.03. The van der Waals surface area contributed by atoms with Gasteiger partial charge < -0.3 is 10.4 Å². The number of aliphatic hydroxyl groups excluding tert-OH is 1. The standard InChI is InChI=1S/C11H20N4O/c1-11(2,3)10-7-15(14-13-10)8-4-5-12-6-9(8)16/h7-9,12,16H,4-6H2,1-3H3/t8-,9-/m1/s1. The summed E-state index contributed by atoms with van der Waals surface area (Å²) < 4.78 is 1.81. The molecule has 2 atom stereocenters. The third-order valence-corrected chi connectivity index (χ3v) is 3.03. The van der Waals surface area contributed by atoms with Gasteiger partial charge in [0.05, 0.1) is 17.8 Å². The molecule has 1 aliphatic rings. The van der Waals surface area contributed by atoms with Crippen LogP contribution in [0.5, 0.6) is 0 Å². The number of hydrogen-bond acceptors (Lipinski definition) is 4. The molecule has 0 radical (unpaired) electrons. The zero-order valence-electron chi connectivity index (χ0n) is 10.1. The van der Waals surface area contributed by atoms with Crippen molar-refractivity contribution in [2.24, 2.45) is 0 Å². The van der Waals surface area contributed by atoms with Gasteiger partial charge >= 0.3 is 0 Å². The van der Waals surface area contributed by atoms with Crippen LogP contribution in [0.2, 0.25) is 0 Å². The molecule has 1 aromatic heterocycles. The van der Waals surface area contributed by atoms with Crippen LogP contribution in [0.25, 0.3) is 0 Å². The number of nitrogens with zero attached hydrogens (tertiary/aromatic N) is 3. The number of nitrogens with one attached hydrogen (secondary N) is 1. The van der Waals surface area contributed by atoms with E-state index in [-0.39, 0.29) is 17.6 Å². The highest BCUT2D eigenvalue weighted by molar-refractivity contribution is 5.07. The van der Waals surface area contributed by atoms with Crippen molar-refractivity contribution in [3.8, 4) is 0 Å². The Balaban J connectivity index is 2.18. The normalized spacial score (nSPS) is 27.0. The Morgan fingerprint density at radius 2 is 2.25 bits per heavy atom. The number of aromatic nitrogens is 3. The molecule has 1 aromatic rings. The molecule has 2 rings (SSSR count). The van der Waals surface area contributed by atoms with Gasteiger partial charge in [0, 0.05) is 18.2 Å². The molecule has 16 heavy (non-hydrogen) atoms. The van der Waals surface area contributed by atoms with Crippen LogP contribution in [0.15, 0.2) is 6.20 Å². The number of aliphatic hydroxyl groups is 1. The Morgan fingerprint density at radius 3 is 2.81 bits per heavy atom. The Morgan fingerprint density at radius 1 is 1.50 bits per heavy atom. The first kappa shape index (κ1) is 11.5.